The molecule has 1 fully saturated rings. The van der Waals surface area contributed by atoms with E-state index in [9.17, 15) is 4.79 Å². The number of hydrogen-bond donors (Lipinski definition) is 1. The Kier molecular flexibility index (Phi) is 5.38. The number of nitrogens with zero attached hydrogens (tertiary/aromatic N) is 2. The third-order valence-corrected chi connectivity index (χ3v) is 5.40. The number of fused-ring (bicyclic) bond motifs is 1. The molecule has 4 rings (SSSR count). The highest BCUT2D eigenvalue weighted by molar-refractivity contribution is 5.85. The number of ether oxygens (including phenoxy) is 1. The standard InChI is InChI=1S/C24H26N2O3/c1-16(2)29-21-7-3-17(4-8-21)19-5-9-22-20(15-19)6-10-23(25-22)26-13-11-18(12-14-26)24(27)28/h3-10,15-16,18H,11-14H2,1-2H3,(H,27,28). The van der Waals surface area contributed by atoms with Crippen LogP contribution in [0.1, 0.15) is 26.7 Å². The van der Waals surface area contributed by atoms with Crippen LogP contribution >= 0.6 is 0 Å². The van der Waals surface area contributed by atoms with Crippen molar-refractivity contribution >= 4 is 22.7 Å². The maximum Gasteiger partial charge on any atom is 0.306 e. The fraction of sp³-hybridized carbons (Fsp3) is 0.333. The second kappa shape index (κ2) is 8.11. The van der Waals surface area contributed by atoms with Crippen molar-refractivity contribution in [2.45, 2.75) is 32.8 Å². The molecule has 0 atom stereocenters. The van der Waals surface area contributed by atoms with Gasteiger partial charge in [-0.25, -0.2) is 4.98 Å². The van der Waals surface area contributed by atoms with Crippen LogP contribution in [0.4, 0.5) is 5.82 Å². The quantitative estimate of drug-likeness (QED) is 0.665. The van der Waals surface area contributed by atoms with E-state index in [0.29, 0.717) is 12.8 Å². The van der Waals surface area contributed by atoms with Gasteiger partial charge in [-0.15, -0.1) is 0 Å². The Morgan fingerprint density at radius 2 is 1.72 bits per heavy atom. The molecule has 150 valence electrons. The Bertz CT molecular complexity index is 1010. The molecule has 1 saturated heterocycles. The second-order valence-corrected chi connectivity index (χ2v) is 7.87. The zero-order chi connectivity index (χ0) is 20.4. The molecule has 1 N–H and O–H groups in total. The first-order chi connectivity index (χ1) is 14.0. The molecule has 0 saturated carbocycles. The monoisotopic (exact) mass is 390 g/mol. The van der Waals surface area contributed by atoms with Crippen molar-refractivity contribution in [2.75, 3.05) is 18.0 Å². The number of hydrogen-bond acceptors (Lipinski definition) is 4. The minimum atomic E-state index is -0.688. The van der Waals surface area contributed by atoms with Crippen LogP contribution in [0, 0.1) is 5.92 Å². The molecule has 0 bridgehead atoms. The van der Waals surface area contributed by atoms with E-state index in [1.165, 1.54) is 0 Å². The molecule has 0 amide bonds. The summed E-state index contributed by atoms with van der Waals surface area (Å²) in [4.78, 5) is 18.1. The van der Waals surface area contributed by atoms with Gasteiger partial charge >= 0.3 is 5.97 Å². The Morgan fingerprint density at radius 1 is 1.03 bits per heavy atom. The van der Waals surface area contributed by atoms with E-state index in [1.807, 2.05) is 32.0 Å². The van der Waals surface area contributed by atoms with Crippen molar-refractivity contribution in [3.63, 3.8) is 0 Å². The summed E-state index contributed by atoms with van der Waals surface area (Å²) in [5, 5.41) is 10.3. The number of piperidine rings is 1. The molecule has 1 aliphatic rings. The van der Waals surface area contributed by atoms with Crippen molar-refractivity contribution in [3.8, 4) is 16.9 Å². The maximum atomic E-state index is 11.1. The van der Waals surface area contributed by atoms with Crippen LogP contribution in [-0.2, 0) is 4.79 Å². The average molecular weight is 390 g/mol. The Hall–Kier alpha value is -3.08. The lowest BCUT2D eigenvalue weighted by molar-refractivity contribution is -0.142. The van der Waals surface area contributed by atoms with E-state index in [0.717, 1.165) is 46.7 Å². The molecule has 0 radical (unpaired) electrons. The Labute approximate surface area is 170 Å². The number of benzene rings is 2. The first kappa shape index (κ1) is 19.2. The molecule has 3 aromatic rings. The topological polar surface area (TPSA) is 62.7 Å². The number of aromatic nitrogens is 1. The number of aliphatic carboxylic acids is 1. The Morgan fingerprint density at radius 3 is 2.38 bits per heavy atom. The van der Waals surface area contributed by atoms with Gasteiger partial charge in [0.15, 0.2) is 0 Å². The van der Waals surface area contributed by atoms with Gasteiger partial charge in [-0.05, 0) is 74.2 Å². The highest BCUT2D eigenvalue weighted by Crippen LogP contribution is 2.28. The molecule has 2 heterocycles. The van der Waals surface area contributed by atoms with E-state index in [4.69, 9.17) is 14.8 Å². The van der Waals surface area contributed by atoms with Gasteiger partial charge in [-0.1, -0.05) is 18.2 Å². The van der Waals surface area contributed by atoms with E-state index in [1.54, 1.807) is 0 Å². The molecular formula is C24H26N2O3. The molecule has 0 unspecified atom stereocenters. The summed E-state index contributed by atoms with van der Waals surface area (Å²) in [6.07, 6.45) is 1.51. The summed E-state index contributed by atoms with van der Waals surface area (Å²) in [5.41, 5.74) is 3.24. The molecule has 29 heavy (non-hydrogen) atoms. The molecule has 1 aliphatic heterocycles. The number of pyridine rings is 1. The van der Waals surface area contributed by atoms with Crippen molar-refractivity contribution < 1.29 is 14.6 Å². The molecule has 5 nitrogen and oxygen atoms in total. The van der Waals surface area contributed by atoms with Gasteiger partial charge in [0.2, 0.25) is 0 Å². The zero-order valence-corrected chi connectivity index (χ0v) is 16.8. The first-order valence-corrected chi connectivity index (χ1v) is 10.2. The fourth-order valence-electron chi connectivity index (χ4n) is 3.82. The van der Waals surface area contributed by atoms with Gasteiger partial charge in [0, 0.05) is 18.5 Å². The van der Waals surface area contributed by atoms with Gasteiger partial charge in [0.25, 0.3) is 0 Å². The third kappa shape index (κ3) is 4.34. The minimum absolute atomic E-state index is 0.164. The lowest BCUT2D eigenvalue weighted by atomic mass is 9.97. The summed E-state index contributed by atoms with van der Waals surface area (Å²) in [6, 6.07) is 18.6. The van der Waals surface area contributed by atoms with E-state index in [2.05, 4.69) is 41.3 Å². The van der Waals surface area contributed by atoms with Crippen molar-refractivity contribution in [1.82, 2.24) is 4.98 Å². The van der Waals surface area contributed by atoms with Crippen LogP contribution in [-0.4, -0.2) is 35.3 Å². The van der Waals surface area contributed by atoms with Crippen LogP contribution in [0.3, 0.4) is 0 Å². The average Bonchev–Trinajstić information content (AvgIpc) is 2.73. The number of rotatable bonds is 5. The van der Waals surface area contributed by atoms with Gasteiger partial charge in [0.1, 0.15) is 11.6 Å². The maximum absolute atomic E-state index is 11.1. The fourth-order valence-corrected chi connectivity index (χ4v) is 3.82. The van der Waals surface area contributed by atoms with Crippen molar-refractivity contribution in [3.05, 3.63) is 54.6 Å². The SMILES string of the molecule is CC(C)Oc1ccc(-c2ccc3nc(N4CCC(C(=O)O)CC4)ccc3c2)cc1. The second-order valence-electron chi connectivity index (χ2n) is 7.87. The van der Waals surface area contributed by atoms with Gasteiger partial charge in [-0.3, -0.25) is 4.79 Å². The van der Waals surface area contributed by atoms with Crippen LogP contribution < -0.4 is 9.64 Å². The molecule has 0 aliphatic carbocycles. The van der Waals surface area contributed by atoms with Crippen LogP contribution in [0.5, 0.6) is 5.75 Å². The number of carbonyl (C=O) groups is 1. The number of anilines is 1. The highest BCUT2D eigenvalue weighted by atomic mass is 16.5. The van der Waals surface area contributed by atoms with Crippen molar-refractivity contribution in [2.24, 2.45) is 5.92 Å². The smallest absolute Gasteiger partial charge is 0.306 e. The lowest BCUT2D eigenvalue weighted by Crippen LogP contribution is -2.36. The number of carboxylic acid groups (broad SMARTS) is 1. The van der Waals surface area contributed by atoms with Crippen LogP contribution in [0.2, 0.25) is 0 Å². The first-order valence-electron chi connectivity index (χ1n) is 10.2. The molecule has 2 aromatic carbocycles. The van der Waals surface area contributed by atoms with Gasteiger partial charge in [0.05, 0.1) is 17.5 Å². The van der Waals surface area contributed by atoms with Crippen LogP contribution in [0.15, 0.2) is 54.6 Å². The van der Waals surface area contributed by atoms with Crippen LogP contribution in [0.25, 0.3) is 22.0 Å². The largest absolute Gasteiger partial charge is 0.491 e. The minimum Gasteiger partial charge on any atom is -0.491 e. The summed E-state index contributed by atoms with van der Waals surface area (Å²) in [5.74, 6) is 0.880. The predicted molar refractivity (Wildman–Crippen MR) is 116 cm³/mol. The van der Waals surface area contributed by atoms with E-state index < -0.39 is 5.97 Å². The highest BCUT2D eigenvalue weighted by Gasteiger charge is 2.25. The van der Waals surface area contributed by atoms with E-state index in [-0.39, 0.29) is 12.0 Å². The Balaban J connectivity index is 1.52. The molecular weight excluding hydrogens is 364 g/mol. The molecule has 0 spiro atoms. The number of carboxylic acids is 1. The summed E-state index contributed by atoms with van der Waals surface area (Å²) in [6.45, 7) is 5.51. The van der Waals surface area contributed by atoms with Crippen molar-refractivity contribution in [1.29, 1.82) is 0 Å². The summed E-state index contributed by atoms with van der Waals surface area (Å²) < 4.78 is 5.72. The zero-order valence-electron chi connectivity index (χ0n) is 16.8. The van der Waals surface area contributed by atoms with E-state index >= 15 is 0 Å². The van der Waals surface area contributed by atoms with Gasteiger partial charge < -0.3 is 14.7 Å². The van der Waals surface area contributed by atoms with Gasteiger partial charge in [-0.2, -0.15) is 0 Å². The predicted octanol–water partition coefficient (Wildman–Crippen LogP) is 4.99. The summed E-state index contributed by atoms with van der Waals surface area (Å²) >= 11 is 0. The molecule has 1 aromatic heterocycles. The summed E-state index contributed by atoms with van der Waals surface area (Å²) in [7, 11) is 0. The molecule has 5 heteroatoms. The normalized spacial score (nSPS) is 15.1. The lowest BCUT2D eigenvalue weighted by Gasteiger charge is -2.31. The third-order valence-electron chi connectivity index (χ3n) is 5.40.